The van der Waals surface area contributed by atoms with E-state index >= 15 is 0 Å². The second-order valence-corrected chi connectivity index (χ2v) is 5.41. The van der Waals surface area contributed by atoms with Crippen LogP contribution in [0.15, 0.2) is 22.7 Å². The van der Waals surface area contributed by atoms with Crippen molar-refractivity contribution in [3.8, 4) is 11.4 Å². The van der Waals surface area contributed by atoms with Crippen LogP contribution in [0.1, 0.15) is 12.3 Å². The standard InChI is InChI=1S/C12H11Cl2N3O2/c13-8-3-7(4-9(14)5-8)10-16-11(19-17-10)12(15)1-2-18-6-12/h3-5H,1-2,6,15H2. The zero-order valence-electron chi connectivity index (χ0n) is 9.90. The number of hydrogen-bond acceptors (Lipinski definition) is 5. The predicted molar refractivity (Wildman–Crippen MR) is 71.1 cm³/mol. The van der Waals surface area contributed by atoms with Gasteiger partial charge in [0.05, 0.1) is 6.61 Å². The lowest BCUT2D eigenvalue weighted by molar-refractivity contribution is 0.166. The predicted octanol–water partition coefficient (Wildman–Crippen LogP) is 2.62. The Kier molecular flexibility index (Phi) is 3.22. The molecule has 0 spiro atoms. The van der Waals surface area contributed by atoms with Gasteiger partial charge in [-0.1, -0.05) is 28.4 Å². The van der Waals surface area contributed by atoms with Crippen molar-refractivity contribution >= 4 is 23.2 Å². The molecule has 0 radical (unpaired) electrons. The minimum Gasteiger partial charge on any atom is -0.379 e. The highest BCUT2D eigenvalue weighted by atomic mass is 35.5. The zero-order valence-corrected chi connectivity index (χ0v) is 11.4. The van der Waals surface area contributed by atoms with Crippen molar-refractivity contribution in [2.75, 3.05) is 13.2 Å². The number of halogens is 2. The number of ether oxygens (including phenoxy) is 1. The Labute approximate surface area is 119 Å². The molecule has 1 aliphatic rings. The van der Waals surface area contributed by atoms with Crippen LogP contribution in [0.2, 0.25) is 10.0 Å². The van der Waals surface area contributed by atoms with E-state index in [1.54, 1.807) is 18.2 Å². The van der Waals surface area contributed by atoms with Crippen molar-refractivity contribution in [3.63, 3.8) is 0 Å². The van der Waals surface area contributed by atoms with Crippen LogP contribution < -0.4 is 5.73 Å². The molecule has 0 bridgehead atoms. The molecule has 2 N–H and O–H groups in total. The summed E-state index contributed by atoms with van der Waals surface area (Å²) in [7, 11) is 0. The quantitative estimate of drug-likeness (QED) is 0.922. The number of nitrogens with zero attached hydrogens (tertiary/aromatic N) is 2. The van der Waals surface area contributed by atoms with Crippen LogP contribution in [0.3, 0.4) is 0 Å². The third kappa shape index (κ3) is 2.47. The molecule has 3 rings (SSSR count). The summed E-state index contributed by atoms with van der Waals surface area (Å²) in [6.45, 7) is 0.974. The largest absolute Gasteiger partial charge is 0.379 e. The first-order valence-corrected chi connectivity index (χ1v) is 6.50. The lowest BCUT2D eigenvalue weighted by atomic mass is 10.0. The highest BCUT2D eigenvalue weighted by molar-refractivity contribution is 6.35. The summed E-state index contributed by atoms with van der Waals surface area (Å²) < 4.78 is 10.5. The summed E-state index contributed by atoms with van der Waals surface area (Å²) in [6, 6.07) is 5.08. The van der Waals surface area contributed by atoms with Gasteiger partial charge in [0.25, 0.3) is 0 Å². The Morgan fingerprint density at radius 1 is 1.21 bits per heavy atom. The van der Waals surface area contributed by atoms with Crippen LogP contribution in [-0.4, -0.2) is 23.4 Å². The van der Waals surface area contributed by atoms with Gasteiger partial charge in [-0.2, -0.15) is 4.98 Å². The smallest absolute Gasteiger partial charge is 0.249 e. The summed E-state index contributed by atoms with van der Waals surface area (Å²) in [5.41, 5.74) is 6.15. The summed E-state index contributed by atoms with van der Waals surface area (Å²) in [4.78, 5) is 4.32. The topological polar surface area (TPSA) is 74.2 Å². The van der Waals surface area contributed by atoms with E-state index in [1.807, 2.05) is 0 Å². The maximum absolute atomic E-state index is 6.16. The van der Waals surface area contributed by atoms with Gasteiger partial charge in [-0.15, -0.1) is 0 Å². The molecule has 1 atom stereocenters. The van der Waals surface area contributed by atoms with Crippen LogP contribution in [0, 0.1) is 0 Å². The van der Waals surface area contributed by atoms with Gasteiger partial charge >= 0.3 is 0 Å². The summed E-state index contributed by atoms with van der Waals surface area (Å²) in [6.07, 6.45) is 0.658. The van der Waals surface area contributed by atoms with Crippen molar-refractivity contribution < 1.29 is 9.26 Å². The van der Waals surface area contributed by atoms with E-state index < -0.39 is 5.54 Å². The third-order valence-corrected chi connectivity index (χ3v) is 3.46. The van der Waals surface area contributed by atoms with E-state index in [2.05, 4.69) is 10.1 Å². The maximum Gasteiger partial charge on any atom is 0.249 e. The van der Waals surface area contributed by atoms with Crippen molar-refractivity contribution in [1.82, 2.24) is 10.1 Å². The van der Waals surface area contributed by atoms with Gasteiger partial charge in [-0.05, 0) is 24.6 Å². The van der Waals surface area contributed by atoms with Crippen LogP contribution >= 0.6 is 23.2 Å². The molecule has 2 aromatic rings. The Morgan fingerprint density at radius 2 is 1.95 bits per heavy atom. The van der Waals surface area contributed by atoms with Crippen LogP contribution in [-0.2, 0) is 10.3 Å². The molecule has 1 fully saturated rings. The SMILES string of the molecule is NC1(c2nc(-c3cc(Cl)cc(Cl)c3)no2)CCOC1. The Balaban J connectivity index is 1.96. The zero-order chi connectivity index (χ0) is 13.5. The van der Waals surface area contributed by atoms with Crippen molar-refractivity contribution in [1.29, 1.82) is 0 Å². The second kappa shape index (κ2) is 4.76. The third-order valence-electron chi connectivity index (χ3n) is 3.02. The highest BCUT2D eigenvalue weighted by Gasteiger charge is 2.38. The summed E-state index contributed by atoms with van der Waals surface area (Å²) >= 11 is 11.9. The molecule has 100 valence electrons. The Hall–Kier alpha value is -1.14. The molecular weight excluding hydrogens is 289 g/mol. The average Bonchev–Trinajstić information content (AvgIpc) is 2.96. The molecular formula is C12H11Cl2N3O2. The Bertz CT molecular complexity index is 589. The van der Waals surface area contributed by atoms with E-state index in [-0.39, 0.29) is 0 Å². The maximum atomic E-state index is 6.16. The van der Waals surface area contributed by atoms with Crippen LogP contribution in [0.4, 0.5) is 0 Å². The summed E-state index contributed by atoms with van der Waals surface area (Å²) in [5, 5.41) is 4.95. The number of hydrogen-bond donors (Lipinski definition) is 1. The monoisotopic (exact) mass is 299 g/mol. The molecule has 0 amide bonds. The van der Waals surface area contributed by atoms with E-state index in [1.165, 1.54) is 0 Å². The summed E-state index contributed by atoms with van der Waals surface area (Å²) in [5.74, 6) is 0.784. The van der Waals surface area contributed by atoms with Crippen LogP contribution in [0.5, 0.6) is 0 Å². The normalized spacial score (nSPS) is 22.9. The lowest BCUT2D eigenvalue weighted by Gasteiger charge is -2.14. The van der Waals surface area contributed by atoms with Crippen LogP contribution in [0.25, 0.3) is 11.4 Å². The van der Waals surface area contributed by atoms with Crippen molar-refractivity contribution in [2.45, 2.75) is 12.0 Å². The first-order valence-electron chi connectivity index (χ1n) is 5.74. The molecule has 1 aliphatic heterocycles. The molecule has 1 aromatic carbocycles. The molecule has 19 heavy (non-hydrogen) atoms. The first-order chi connectivity index (χ1) is 9.07. The van der Waals surface area contributed by atoms with Gasteiger partial charge in [-0.25, -0.2) is 0 Å². The molecule has 2 heterocycles. The van der Waals surface area contributed by atoms with Crippen molar-refractivity contribution in [3.05, 3.63) is 34.1 Å². The van der Waals surface area contributed by atoms with Gasteiger partial charge in [0.2, 0.25) is 11.7 Å². The minimum absolute atomic E-state index is 0.371. The first kappa shape index (κ1) is 12.9. The van der Waals surface area contributed by atoms with Gasteiger partial charge in [0, 0.05) is 22.2 Å². The number of aromatic nitrogens is 2. The van der Waals surface area contributed by atoms with E-state index in [4.69, 9.17) is 38.2 Å². The molecule has 1 unspecified atom stereocenters. The fourth-order valence-electron chi connectivity index (χ4n) is 1.98. The molecule has 0 aliphatic carbocycles. The van der Waals surface area contributed by atoms with Gasteiger partial charge in [0.15, 0.2) is 0 Å². The number of rotatable bonds is 2. The van der Waals surface area contributed by atoms with E-state index in [9.17, 15) is 0 Å². The molecule has 5 nitrogen and oxygen atoms in total. The van der Waals surface area contributed by atoms with Gasteiger partial charge in [-0.3, -0.25) is 0 Å². The minimum atomic E-state index is -0.701. The molecule has 1 aromatic heterocycles. The van der Waals surface area contributed by atoms with E-state index in [0.717, 1.165) is 0 Å². The fourth-order valence-corrected chi connectivity index (χ4v) is 2.50. The molecule has 1 saturated heterocycles. The number of nitrogens with two attached hydrogens (primary N) is 1. The van der Waals surface area contributed by atoms with Crippen molar-refractivity contribution in [2.24, 2.45) is 5.73 Å². The second-order valence-electron chi connectivity index (χ2n) is 4.54. The van der Waals surface area contributed by atoms with Gasteiger partial charge < -0.3 is 15.0 Å². The Morgan fingerprint density at radius 3 is 2.58 bits per heavy atom. The van der Waals surface area contributed by atoms with E-state index in [0.29, 0.717) is 47.0 Å². The lowest BCUT2D eigenvalue weighted by Crippen LogP contribution is -2.37. The molecule has 0 saturated carbocycles. The van der Waals surface area contributed by atoms with Gasteiger partial charge in [0.1, 0.15) is 5.54 Å². The number of benzene rings is 1. The average molecular weight is 300 g/mol. The molecule has 7 heteroatoms. The fraction of sp³-hybridized carbons (Fsp3) is 0.333. The highest BCUT2D eigenvalue weighted by Crippen LogP contribution is 2.30.